The van der Waals surface area contributed by atoms with Gasteiger partial charge in [-0.1, -0.05) is 11.6 Å². The number of carbonyl (C=O) groups excluding carboxylic acids is 1. The minimum Gasteiger partial charge on any atom is -0.478 e. The molecule has 0 saturated heterocycles. The van der Waals surface area contributed by atoms with Crippen molar-refractivity contribution in [1.29, 1.82) is 0 Å². The third-order valence-electron chi connectivity index (χ3n) is 2.91. The van der Waals surface area contributed by atoms with E-state index in [2.05, 4.69) is 5.32 Å². The number of carbonyl (C=O) groups is 1. The largest absolute Gasteiger partial charge is 0.478 e. The van der Waals surface area contributed by atoms with Gasteiger partial charge in [0, 0.05) is 11.1 Å². The summed E-state index contributed by atoms with van der Waals surface area (Å²) in [5.41, 5.74) is -1.52. The minimum atomic E-state index is -1.29. The number of amides is 1. The van der Waals surface area contributed by atoms with Crippen molar-refractivity contribution in [3.05, 3.63) is 59.1 Å². The van der Waals surface area contributed by atoms with E-state index in [4.69, 9.17) is 16.3 Å². The number of ether oxygens (including phenoxy) is 1. The molecule has 2 aromatic rings. The van der Waals surface area contributed by atoms with Crippen LogP contribution in [0.1, 0.15) is 13.8 Å². The van der Waals surface area contributed by atoms with E-state index in [-0.39, 0.29) is 5.69 Å². The first-order chi connectivity index (χ1) is 10.3. The van der Waals surface area contributed by atoms with Crippen LogP contribution in [0.3, 0.4) is 0 Å². The predicted octanol–water partition coefficient (Wildman–Crippen LogP) is 4.41. The Morgan fingerprint density at radius 3 is 2.41 bits per heavy atom. The van der Waals surface area contributed by atoms with Gasteiger partial charge in [0.25, 0.3) is 5.91 Å². The van der Waals surface area contributed by atoms with Gasteiger partial charge in [0.2, 0.25) is 0 Å². The monoisotopic (exact) mass is 325 g/mol. The molecule has 0 spiro atoms. The van der Waals surface area contributed by atoms with Gasteiger partial charge in [-0.05, 0) is 50.2 Å². The second kappa shape index (κ2) is 6.32. The fourth-order valence-electron chi connectivity index (χ4n) is 1.71. The lowest BCUT2D eigenvalue weighted by atomic mass is 10.1. The molecule has 2 rings (SSSR count). The molecule has 22 heavy (non-hydrogen) atoms. The van der Waals surface area contributed by atoms with Crippen LogP contribution in [-0.2, 0) is 4.79 Å². The first-order valence-electron chi connectivity index (χ1n) is 6.49. The van der Waals surface area contributed by atoms with Crippen LogP contribution >= 0.6 is 11.6 Å². The minimum absolute atomic E-state index is 0.238. The maximum Gasteiger partial charge on any atom is 0.268 e. The Morgan fingerprint density at radius 2 is 1.77 bits per heavy atom. The Hall–Kier alpha value is -2.14. The summed E-state index contributed by atoms with van der Waals surface area (Å²) in [6.45, 7) is 3.04. The SMILES string of the molecule is CC(C)(Oc1ccc(Cl)cc1)C(=O)Nc1cc(F)ccc1F. The Morgan fingerprint density at radius 1 is 1.14 bits per heavy atom. The van der Waals surface area contributed by atoms with Crippen molar-refractivity contribution in [3.8, 4) is 5.75 Å². The average Bonchev–Trinajstić information content (AvgIpc) is 2.45. The molecule has 0 aliphatic heterocycles. The first kappa shape index (κ1) is 16.2. The molecule has 1 amide bonds. The van der Waals surface area contributed by atoms with Gasteiger partial charge in [0.05, 0.1) is 5.69 Å². The highest BCUT2D eigenvalue weighted by Gasteiger charge is 2.30. The van der Waals surface area contributed by atoms with Crippen LogP contribution in [0.5, 0.6) is 5.75 Å². The third-order valence-corrected chi connectivity index (χ3v) is 3.16. The summed E-state index contributed by atoms with van der Waals surface area (Å²) >= 11 is 5.77. The summed E-state index contributed by atoms with van der Waals surface area (Å²) in [5.74, 6) is -1.54. The molecule has 0 unspecified atom stereocenters. The highest BCUT2D eigenvalue weighted by atomic mass is 35.5. The zero-order valence-corrected chi connectivity index (χ0v) is 12.7. The van der Waals surface area contributed by atoms with Crippen LogP contribution < -0.4 is 10.1 Å². The maximum absolute atomic E-state index is 13.6. The normalized spacial score (nSPS) is 11.1. The van der Waals surface area contributed by atoms with Crippen molar-refractivity contribution in [2.75, 3.05) is 5.32 Å². The Bertz CT molecular complexity index is 687. The summed E-state index contributed by atoms with van der Waals surface area (Å²) < 4.78 is 32.2. The van der Waals surface area contributed by atoms with Crippen molar-refractivity contribution in [1.82, 2.24) is 0 Å². The molecule has 0 aliphatic rings. The van der Waals surface area contributed by atoms with E-state index >= 15 is 0 Å². The van der Waals surface area contributed by atoms with E-state index in [1.54, 1.807) is 24.3 Å². The quantitative estimate of drug-likeness (QED) is 0.904. The molecule has 0 radical (unpaired) electrons. The number of benzene rings is 2. The molecule has 0 saturated carbocycles. The van der Waals surface area contributed by atoms with Crippen LogP contribution in [0.4, 0.5) is 14.5 Å². The van der Waals surface area contributed by atoms with E-state index in [0.29, 0.717) is 10.8 Å². The van der Waals surface area contributed by atoms with Gasteiger partial charge in [-0.15, -0.1) is 0 Å². The molecular weight excluding hydrogens is 312 g/mol. The number of hydrogen-bond donors (Lipinski definition) is 1. The van der Waals surface area contributed by atoms with Gasteiger partial charge in [0.15, 0.2) is 5.60 Å². The number of hydrogen-bond acceptors (Lipinski definition) is 2. The van der Waals surface area contributed by atoms with Crippen molar-refractivity contribution in [2.45, 2.75) is 19.4 Å². The number of nitrogens with one attached hydrogen (secondary N) is 1. The van der Waals surface area contributed by atoms with E-state index < -0.39 is 23.1 Å². The summed E-state index contributed by atoms with van der Waals surface area (Å²) in [6, 6.07) is 9.29. The van der Waals surface area contributed by atoms with Crippen LogP contribution in [0.25, 0.3) is 0 Å². The molecule has 1 N–H and O–H groups in total. The molecule has 0 atom stereocenters. The van der Waals surface area contributed by atoms with Gasteiger partial charge < -0.3 is 10.1 Å². The molecule has 116 valence electrons. The lowest BCUT2D eigenvalue weighted by molar-refractivity contribution is -0.128. The maximum atomic E-state index is 13.6. The number of anilines is 1. The number of halogens is 3. The highest BCUT2D eigenvalue weighted by Crippen LogP contribution is 2.23. The van der Waals surface area contributed by atoms with Gasteiger partial charge in [-0.2, -0.15) is 0 Å². The van der Waals surface area contributed by atoms with Crippen molar-refractivity contribution >= 4 is 23.2 Å². The second-order valence-electron chi connectivity index (χ2n) is 5.14. The van der Waals surface area contributed by atoms with E-state index in [1.807, 2.05) is 0 Å². The second-order valence-corrected chi connectivity index (χ2v) is 5.58. The fourth-order valence-corrected chi connectivity index (χ4v) is 1.84. The smallest absolute Gasteiger partial charge is 0.268 e. The zero-order chi connectivity index (χ0) is 16.3. The van der Waals surface area contributed by atoms with Gasteiger partial charge in [0.1, 0.15) is 17.4 Å². The van der Waals surface area contributed by atoms with Gasteiger partial charge in [-0.25, -0.2) is 8.78 Å². The molecule has 0 fully saturated rings. The zero-order valence-electron chi connectivity index (χ0n) is 12.0. The molecule has 0 aromatic heterocycles. The Labute approximate surface area is 131 Å². The van der Waals surface area contributed by atoms with Crippen molar-refractivity contribution < 1.29 is 18.3 Å². The third kappa shape index (κ3) is 3.95. The molecular formula is C16H14ClF2NO2. The molecule has 0 aliphatic carbocycles. The summed E-state index contributed by atoms with van der Waals surface area (Å²) in [7, 11) is 0. The van der Waals surface area contributed by atoms with Gasteiger partial charge in [-0.3, -0.25) is 4.79 Å². The van der Waals surface area contributed by atoms with Crippen LogP contribution in [-0.4, -0.2) is 11.5 Å². The van der Waals surface area contributed by atoms with Crippen molar-refractivity contribution in [3.63, 3.8) is 0 Å². The molecule has 0 heterocycles. The molecule has 3 nitrogen and oxygen atoms in total. The lowest BCUT2D eigenvalue weighted by Crippen LogP contribution is -2.42. The lowest BCUT2D eigenvalue weighted by Gasteiger charge is -2.25. The topological polar surface area (TPSA) is 38.3 Å². The molecule has 0 bridgehead atoms. The highest BCUT2D eigenvalue weighted by molar-refractivity contribution is 6.30. The molecule has 2 aromatic carbocycles. The van der Waals surface area contributed by atoms with E-state index in [9.17, 15) is 13.6 Å². The summed E-state index contributed by atoms with van der Waals surface area (Å²) in [4.78, 5) is 12.2. The average molecular weight is 326 g/mol. The Balaban J connectivity index is 2.13. The Kier molecular flexibility index (Phi) is 4.66. The summed E-state index contributed by atoms with van der Waals surface area (Å²) in [5, 5.41) is 2.86. The van der Waals surface area contributed by atoms with Crippen LogP contribution in [0.15, 0.2) is 42.5 Å². The predicted molar refractivity (Wildman–Crippen MR) is 81.1 cm³/mol. The van der Waals surface area contributed by atoms with Crippen LogP contribution in [0.2, 0.25) is 5.02 Å². The fraction of sp³-hybridized carbons (Fsp3) is 0.188. The van der Waals surface area contributed by atoms with Gasteiger partial charge >= 0.3 is 0 Å². The number of rotatable bonds is 4. The standard InChI is InChI=1S/C16H14ClF2NO2/c1-16(2,22-12-6-3-10(17)4-7-12)15(21)20-14-9-11(18)5-8-13(14)19/h3-9H,1-2H3,(H,20,21). The first-order valence-corrected chi connectivity index (χ1v) is 6.87. The van der Waals surface area contributed by atoms with Crippen LogP contribution in [0, 0.1) is 11.6 Å². The van der Waals surface area contributed by atoms with Crippen molar-refractivity contribution in [2.24, 2.45) is 0 Å². The van der Waals surface area contributed by atoms with E-state index in [0.717, 1.165) is 18.2 Å². The molecule has 6 heteroatoms. The summed E-state index contributed by atoms with van der Waals surface area (Å²) in [6.07, 6.45) is 0. The van der Waals surface area contributed by atoms with E-state index in [1.165, 1.54) is 13.8 Å².